The summed E-state index contributed by atoms with van der Waals surface area (Å²) in [6.45, 7) is 1.44. The van der Waals surface area contributed by atoms with Crippen LogP contribution in [0.15, 0.2) is 53.4 Å². The predicted molar refractivity (Wildman–Crippen MR) is 101 cm³/mol. The number of nitrogens with zero attached hydrogens (tertiary/aromatic N) is 1. The lowest BCUT2D eigenvalue weighted by molar-refractivity contribution is 0.0730. The first kappa shape index (κ1) is 18.2. The average molecular weight is 386 g/mol. The Hall–Kier alpha value is -2.22. The average Bonchev–Trinajstić information content (AvgIpc) is 3.12. The Morgan fingerprint density at radius 2 is 1.85 bits per heavy atom. The number of carbonyl (C=O) groups excluding carboxylic acids is 1. The van der Waals surface area contributed by atoms with Gasteiger partial charge in [-0.15, -0.1) is 0 Å². The fourth-order valence-electron chi connectivity index (χ4n) is 3.68. The van der Waals surface area contributed by atoms with E-state index in [1.807, 2.05) is 18.2 Å². The van der Waals surface area contributed by atoms with E-state index in [0.29, 0.717) is 31.9 Å². The van der Waals surface area contributed by atoms with Crippen molar-refractivity contribution in [2.75, 3.05) is 26.3 Å². The summed E-state index contributed by atoms with van der Waals surface area (Å²) >= 11 is 0. The molecule has 1 heterocycles. The summed E-state index contributed by atoms with van der Waals surface area (Å²) in [4.78, 5) is 12.9. The maximum atomic E-state index is 12.8. The molecule has 2 aromatic rings. The molecule has 1 aliphatic heterocycles. The second-order valence-corrected chi connectivity index (χ2v) is 8.75. The van der Waals surface area contributed by atoms with Crippen molar-refractivity contribution in [2.45, 2.75) is 23.8 Å². The molecule has 1 saturated heterocycles. The summed E-state index contributed by atoms with van der Waals surface area (Å²) in [6, 6.07) is 14.3. The minimum Gasteiger partial charge on any atom is -0.379 e. The van der Waals surface area contributed by atoms with Crippen LogP contribution in [0.25, 0.3) is 0 Å². The summed E-state index contributed by atoms with van der Waals surface area (Å²) in [5, 5.41) is 3.04. The Morgan fingerprint density at radius 1 is 1.07 bits per heavy atom. The zero-order valence-corrected chi connectivity index (χ0v) is 15.7. The normalized spacial score (nSPS) is 20.2. The van der Waals surface area contributed by atoms with E-state index in [-0.39, 0.29) is 16.8 Å². The van der Waals surface area contributed by atoms with Gasteiger partial charge < -0.3 is 10.1 Å². The van der Waals surface area contributed by atoms with Crippen molar-refractivity contribution in [1.29, 1.82) is 0 Å². The Labute approximate surface area is 159 Å². The summed E-state index contributed by atoms with van der Waals surface area (Å²) in [6.07, 6.45) is 1.80. The van der Waals surface area contributed by atoms with Gasteiger partial charge in [-0.2, -0.15) is 4.31 Å². The van der Waals surface area contributed by atoms with Crippen molar-refractivity contribution in [3.05, 3.63) is 65.2 Å². The fourth-order valence-corrected chi connectivity index (χ4v) is 5.14. The van der Waals surface area contributed by atoms with E-state index < -0.39 is 10.0 Å². The van der Waals surface area contributed by atoms with Gasteiger partial charge in [-0.1, -0.05) is 30.3 Å². The van der Waals surface area contributed by atoms with Crippen LogP contribution in [0.5, 0.6) is 0 Å². The lowest BCUT2D eigenvalue weighted by atomic mass is 10.1. The highest BCUT2D eigenvalue weighted by molar-refractivity contribution is 7.89. The molecule has 142 valence electrons. The first-order valence-corrected chi connectivity index (χ1v) is 10.6. The van der Waals surface area contributed by atoms with E-state index in [9.17, 15) is 13.2 Å². The van der Waals surface area contributed by atoms with Gasteiger partial charge in [-0.25, -0.2) is 8.42 Å². The molecule has 1 atom stereocenters. The lowest BCUT2D eigenvalue weighted by Gasteiger charge is -2.26. The summed E-state index contributed by atoms with van der Waals surface area (Å²) in [5.74, 6) is -0.254. The molecule has 4 rings (SSSR count). The third-order valence-corrected chi connectivity index (χ3v) is 7.04. The number of morpholine rings is 1. The molecule has 0 aromatic heterocycles. The van der Waals surface area contributed by atoms with Gasteiger partial charge >= 0.3 is 0 Å². The third-order valence-electron chi connectivity index (χ3n) is 5.14. The van der Waals surface area contributed by atoms with Gasteiger partial charge in [0.2, 0.25) is 10.0 Å². The van der Waals surface area contributed by atoms with Gasteiger partial charge in [0, 0.05) is 18.7 Å². The number of sulfonamides is 1. The number of aryl methyl sites for hydroxylation is 1. The van der Waals surface area contributed by atoms with Crippen molar-refractivity contribution in [2.24, 2.45) is 0 Å². The number of hydrogen-bond donors (Lipinski definition) is 1. The van der Waals surface area contributed by atoms with Crippen LogP contribution in [0.1, 0.15) is 33.9 Å². The molecule has 7 heteroatoms. The van der Waals surface area contributed by atoms with E-state index in [4.69, 9.17) is 4.74 Å². The van der Waals surface area contributed by atoms with Gasteiger partial charge in [0.25, 0.3) is 5.91 Å². The zero-order valence-electron chi connectivity index (χ0n) is 14.9. The highest BCUT2D eigenvalue weighted by atomic mass is 32.2. The Bertz CT molecular complexity index is 952. The quantitative estimate of drug-likeness (QED) is 0.873. The number of ether oxygens (including phenoxy) is 1. The van der Waals surface area contributed by atoms with Gasteiger partial charge in [-0.3, -0.25) is 4.79 Å². The van der Waals surface area contributed by atoms with E-state index in [0.717, 1.165) is 18.4 Å². The fraction of sp³-hybridized carbons (Fsp3) is 0.350. The van der Waals surface area contributed by atoms with Crippen molar-refractivity contribution in [3.63, 3.8) is 0 Å². The molecule has 0 saturated carbocycles. The Kier molecular flexibility index (Phi) is 4.99. The second kappa shape index (κ2) is 7.42. The van der Waals surface area contributed by atoms with Crippen molar-refractivity contribution in [3.8, 4) is 0 Å². The zero-order chi connectivity index (χ0) is 18.9. The minimum atomic E-state index is -3.62. The van der Waals surface area contributed by atoms with Crippen LogP contribution >= 0.6 is 0 Å². The predicted octanol–water partition coefficient (Wildman–Crippen LogP) is 2.12. The Morgan fingerprint density at radius 3 is 2.67 bits per heavy atom. The summed E-state index contributed by atoms with van der Waals surface area (Å²) in [5.41, 5.74) is 2.75. The molecule has 0 spiro atoms. The third kappa shape index (κ3) is 3.63. The van der Waals surface area contributed by atoms with Crippen LogP contribution in [0.4, 0.5) is 0 Å². The van der Waals surface area contributed by atoms with Gasteiger partial charge in [-0.05, 0) is 42.2 Å². The standard InChI is InChI=1S/C20H22N2O4S/c23-20(21-19-9-8-15-4-1-2-7-18(15)19)16-5-3-6-17(14-16)27(24,25)22-10-12-26-13-11-22/h1-7,14,19H,8-13H2,(H,21,23). The van der Waals surface area contributed by atoms with E-state index >= 15 is 0 Å². The molecule has 27 heavy (non-hydrogen) atoms. The molecule has 1 fully saturated rings. The maximum absolute atomic E-state index is 12.8. The van der Waals surface area contributed by atoms with Crippen LogP contribution in [0, 0.1) is 0 Å². The van der Waals surface area contributed by atoms with Crippen LogP contribution in [0.3, 0.4) is 0 Å². The molecular formula is C20H22N2O4S. The molecule has 6 nitrogen and oxygen atoms in total. The van der Waals surface area contributed by atoms with Crippen molar-refractivity contribution >= 4 is 15.9 Å². The van der Waals surface area contributed by atoms with Gasteiger partial charge in [0.05, 0.1) is 24.2 Å². The minimum absolute atomic E-state index is 0.0341. The number of fused-ring (bicyclic) bond motifs is 1. The van der Waals surface area contributed by atoms with Crippen molar-refractivity contribution in [1.82, 2.24) is 9.62 Å². The van der Waals surface area contributed by atoms with Crippen LogP contribution in [0.2, 0.25) is 0 Å². The summed E-state index contributed by atoms with van der Waals surface area (Å²) < 4.78 is 32.2. The Balaban J connectivity index is 1.53. The SMILES string of the molecule is O=C(NC1CCc2ccccc21)c1cccc(S(=O)(=O)N2CCOCC2)c1. The van der Waals surface area contributed by atoms with Crippen molar-refractivity contribution < 1.29 is 17.9 Å². The smallest absolute Gasteiger partial charge is 0.251 e. The highest BCUT2D eigenvalue weighted by Crippen LogP contribution is 2.31. The summed E-state index contributed by atoms with van der Waals surface area (Å²) in [7, 11) is -3.62. The molecule has 1 unspecified atom stereocenters. The van der Waals surface area contributed by atoms with Gasteiger partial charge in [0.15, 0.2) is 0 Å². The van der Waals surface area contributed by atoms with Gasteiger partial charge in [0.1, 0.15) is 0 Å². The number of benzene rings is 2. The van der Waals surface area contributed by atoms with E-state index in [1.165, 1.54) is 22.0 Å². The largest absolute Gasteiger partial charge is 0.379 e. The number of carbonyl (C=O) groups is 1. The van der Waals surface area contributed by atoms with E-state index in [1.54, 1.807) is 12.1 Å². The molecule has 1 N–H and O–H groups in total. The van der Waals surface area contributed by atoms with Crippen LogP contribution in [-0.4, -0.2) is 44.9 Å². The van der Waals surface area contributed by atoms with Crippen LogP contribution < -0.4 is 5.32 Å². The molecular weight excluding hydrogens is 364 g/mol. The highest BCUT2D eigenvalue weighted by Gasteiger charge is 2.28. The molecule has 1 aliphatic carbocycles. The second-order valence-electron chi connectivity index (χ2n) is 6.81. The topological polar surface area (TPSA) is 75.7 Å². The number of amides is 1. The van der Waals surface area contributed by atoms with E-state index in [2.05, 4.69) is 11.4 Å². The molecule has 0 bridgehead atoms. The lowest BCUT2D eigenvalue weighted by Crippen LogP contribution is -2.40. The van der Waals surface area contributed by atoms with Crippen LogP contribution in [-0.2, 0) is 21.2 Å². The number of nitrogens with one attached hydrogen (secondary N) is 1. The number of rotatable bonds is 4. The monoisotopic (exact) mass is 386 g/mol. The number of hydrogen-bond acceptors (Lipinski definition) is 4. The molecule has 1 amide bonds. The molecule has 2 aliphatic rings. The molecule has 0 radical (unpaired) electrons. The molecule has 2 aromatic carbocycles. The first-order valence-electron chi connectivity index (χ1n) is 9.12. The first-order chi connectivity index (χ1) is 13.1. The maximum Gasteiger partial charge on any atom is 0.251 e.